The minimum atomic E-state index is -0.124. The molecule has 6 heteroatoms. The van der Waals surface area contributed by atoms with E-state index in [1.54, 1.807) is 18.3 Å². The van der Waals surface area contributed by atoms with Gasteiger partial charge in [-0.1, -0.05) is 41.9 Å². The first-order chi connectivity index (χ1) is 12.6. The number of likely N-dealkylation sites (N-methyl/N-ethyl adjacent to an activating group) is 1. The topological polar surface area (TPSA) is 48.5 Å². The van der Waals surface area contributed by atoms with E-state index in [1.807, 2.05) is 17.9 Å². The van der Waals surface area contributed by atoms with E-state index in [1.165, 1.54) is 5.56 Å². The van der Waals surface area contributed by atoms with Crippen LogP contribution in [0, 0.1) is 0 Å². The first-order valence-electron chi connectivity index (χ1n) is 9.07. The summed E-state index contributed by atoms with van der Waals surface area (Å²) in [6.45, 7) is 6.75. The van der Waals surface area contributed by atoms with Crippen LogP contribution < -0.4 is 5.32 Å². The Morgan fingerprint density at radius 2 is 2.12 bits per heavy atom. The summed E-state index contributed by atoms with van der Waals surface area (Å²) in [6, 6.07) is 14.4. The fourth-order valence-electron chi connectivity index (χ4n) is 3.55. The number of nitrogens with one attached hydrogen (secondary N) is 1. The van der Waals surface area contributed by atoms with E-state index in [2.05, 4.69) is 46.4 Å². The lowest BCUT2D eigenvalue weighted by atomic mass is 10.1. The summed E-state index contributed by atoms with van der Waals surface area (Å²) < 4.78 is 0. The third-order valence-electron chi connectivity index (χ3n) is 5.07. The fraction of sp³-hybridized carbons (Fsp3) is 0.400. The van der Waals surface area contributed by atoms with Crippen LogP contribution in [0.1, 0.15) is 31.9 Å². The van der Waals surface area contributed by atoms with Crippen LogP contribution in [0.2, 0.25) is 5.15 Å². The van der Waals surface area contributed by atoms with Gasteiger partial charge in [0.05, 0.1) is 5.69 Å². The van der Waals surface area contributed by atoms with Gasteiger partial charge in [-0.2, -0.15) is 0 Å². The summed E-state index contributed by atoms with van der Waals surface area (Å²) in [5.41, 5.74) is 1.85. The van der Waals surface area contributed by atoms with Crippen LogP contribution in [0.25, 0.3) is 0 Å². The molecule has 1 N–H and O–H groups in total. The first kappa shape index (κ1) is 18.7. The number of pyridine rings is 1. The second kappa shape index (κ2) is 8.52. The molecule has 0 bridgehead atoms. The smallest absolute Gasteiger partial charge is 0.320 e. The van der Waals surface area contributed by atoms with Crippen molar-refractivity contribution in [3.63, 3.8) is 0 Å². The molecule has 0 saturated carbocycles. The molecule has 0 unspecified atom stereocenters. The number of carbonyl (C=O) groups excluding carboxylic acids is 1. The highest BCUT2D eigenvalue weighted by atomic mass is 35.5. The zero-order valence-corrected chi connectivity index (χ0v) is 16.0. The van der Waals surface area contributed by atoms with Crippen LogP contribution in [-0.4, -0.2) is 46.5 Å². The fourth-order valence-corrected chi connectivity index (χ4v) is 3.72. The van der Waals surface area contributed by atoms with Crippen molar-refractivity contribution in [1.29, 1.82) is 0 Å². The van der Waals surface area contributed by atoms with Gasteiger partial charge in [0.25, 0.3) is 0 Å². The van der Waals surface area contributed by atoms with E-state index in [9.17, 15) is 4.79 Å². The molecule has 2 atom stereocenters. The minimum Gasteiger partial charge on any atom is -0.320 e. The number of anilines is 1. The van der Waals surface area contributed by atoms with Crippen molar-refractivity contribution >= 4 is 23.3 Å². The molecule has 1 aliphatic heterocycles. The van der Waals surface area contributed by atoms with Gasteiger partial charge in [-0.15, -0.1) is 0 Å². The van der Waals surface area contributed by atoms with Gasteiger partial charge in [-0.25, -0.2) is 9.78 Å². The van der Waals surface area contributed by atoms with Gasteiger partial charge in [0.1, 0.15) is 0 Å². The number of benzene rings is 1. The van der Waals surface area contributed by atoms with Gasteiger partial charge in [0.15, 0.2) is 5.15 Å². The molecule has 2 amide bonds. The molecule has 3 rings (SSSR count). The summed E-state index contributed by atoms with van der Waals surface area (Å²) in [5, 5.41) is 3.20. The van der Waals surface area contributed by atoms with Crippen LogP contribution in [0.5, 0.6) is 0 Å². The summed E-state index contributed by atoms with van der Waals surface area (Å²) in [7, 11) is 0. The summed E-state index contributed by atoms with van der Waals surface area (Å²) in [4.78, 5) is 21.1. The average Bonchev–Trinajstić information content (AvgIpc) is 3.14. The number of amides is 2. The Kier molecular flexibility index (Phi) is 6.12. The lowest BCUT2D eigenvalue weighted by Gasteiger charge is -2.30. The third-order valence-corrected chi connectivity index (χ3v) is 5.37. The molecule has 0 spiro atoms. The number of hydrogen-bond acceptors (Lipinski definition) is 3. The number of nitrogens with zero attached hydrogens (tertiary/aromatic N) is 3. The maximum absolute atomic E-state index is 12.7. The van der Waals surface area contributed by atoms with Gasteiger partial charge in [-0.05, 0) is 38.0 Å². The monoisotopic (exact) mass is 372 g/mol. The van der Waals surface area contributed by atoms with Crippen LogP contribution in [0.3, 0.4) is 0 Å². The molecule has 1 fully saturated rings. The van der Waals surface area contributed by atoms with Gasteiger partial charge >= 0.3 is 6.03 Å². The average molecular weight is 373 g/mol. The van der Waals surface area contributed by atoms with Crippen molar-refractivity contribution < 1.29 is 4.79 Å². The molecular weight excluding hydrogens is 348 g/mol. The zero-order chi connectivity index (χ0) is 18.5. The Labute approximate surface area is 160 Å². The highest BCUT2D eigenvalue weighted by Crippen LogP contribution is 2.27. The van der Waals surface area contributed by atoms with Crippen molar-refractivity contribution in [2.24, 2.45) is 0 Å². The maximum atomic E-state index is 12.7. The zero-order valence-electron chi connectivity index (χ0n) is 15.2. The first-order valence-corrected chi connectivity index (χ1v) is 9.45. The predicted molar refractivity (Wildman–Crippen MR) is 105 cm³/mol. The normalized spacial score (nSPS) is 18.5. The molecule has 1 aromatic heterocycles. The highest BCUT2D eigenvalue weighted by Gasteiger charge is 2.32. The van der Waals surface area contributed by atoms with Crippen LogP contribution in [0.15, 0.2) is 48.7 Å². The molecule has 0 aliphatic carbocycles. The number of aromatic nitrogens is 1. The summed E-state index contributed by atoms with van der Waals surface area (Å²) in [6.07, 6.45) is 2.58. The Morgan fingerprint density at radius 1 is 1.35 bits per heavy atom. The molecule has 2 heterocycles. The van der Waals surface area contributed by atoms with Crippen molar-refractivity contribution in [3.8, 4) is 0 Å². The number of likely N-dealkylation sites (tertiary alicyclic amines) is 1. The second-order valence-corrected chi connectivity index (χ2v) is 6.94. The molecule has 1 aromatic carbocycles. The molecule has 5 nitrogen and oxygen atoms in total. The Hall–Kier alpha value is -2.11. The van der Waals surface area contributed by atoms with E-state index in [4.69, 9.17) is 11.6 Å². The maximum Gasteiger partial charge on any atom is 0.322 e. The van der Waals surface area contributed by atoms with Gasteiger partial charge in [-0.3, -0.25) is 4.90 Å². The minimum absolute atomic E-state index is 0.124. The van der Waals surface area contributed by atoms with Crippen LogP contribution >= 0.6 is 11.6 Å². The van der Waals surface area contributed by atoms with Gasteiger partial charge in [0, 0.05) is 37.9 Å². The molecule has 1 saturated heterocycles. The Bertz CT molecular complexity index is 740. The molecule has 1 aliphatic rings. The lowest BCUT2D eigenvalue weighted by molar-refractivity contribution is 0.184. The molecule has 26 heavy (non-hydrogen) atoms. The molecule has 0 radical (unpaired) electrons. The molecular formula is C20H25ClN4O. The van der Waals surface area contributed by atoms with Crippen molar-refractivity contribution in [3.05, 3.63) is 59.4 Å². The lowest BCUT2D eigenvalue weighted by Crippen LogP contribution is -2.44. The Morgan fingerprint density at radius 3 is 2.81 bits per heavy atom. The number of carbonyl (C=O) groups is 1. The van der Waals surface area contributed by atoms with Gasteiger partial charge in [0.2, 0.25) is 0 Å². The van der Waals surface area contributed by atoms with E-state index < -0.39 is 0 Å². The van der Waals surface area contributed by atoms with Crippen molar-refractivity contribution in [2.75, 3.05) is 25.0 Å². The Balaban J connectivity index is 1.64. The summed E-state index contributed by atoms with van der Waals surface area (Å²) in [5.74, 6) is 0. The number of urea groups is 1. The summed E-state index contributed by atoms with van der Waals surface area (Å²) >= 11 is 6.06. The largest absolute Gasteiger partial charge is 0.322 e. The van der Waals surface area contributed by atoms with E-state index in [-0.39, 0.29) is 12.1 Å². The van der Waals surface area contributed by atoms with Crippen molar-refractivity contribution in [1.82, 2.24) is 14.8 Å². The predicted octanol–water partition coefficient (Wildman–Crippen LogP) is 4.42. The number of hydrogen-bond donors (Lipinski definition) is 1. The van der Waals surface area contributed by atoms with Crippen LogP contribution in [0.4, 0.5) is 10.5 Å². The van der Waals surface area contributed by atoms with Gasteiger partial charge < -0.3 is 10.2 Å². The standard InChI is InChI=1S/C20H25ClN4O/c1-3-25(20(26)23-18-10-7-12-22-19(18)21)17-11-13-24(14-17)15(2)16-8-5-4-6-9-16/h4-10,12,15,17H,3,11,13-14H2,1-2H3,(H,23,26)/t15-,17+/m1/s1. The molecule has 138 valence electrons. The van der Waals surface area contributed by atoms with E-state index >= 15 is 0 Å². The van der Waals surface area contributed by atoms with Crippen molar-refractivity contribution in [2.45, 2.75) is 32.4 Å². The van der Waals surface area contributed by atoms with Crippen LogP contribution in [-0.2, 0) is 0 Å². The second-order valence-electron chi connectivity index (χ2n) is 6.58. The SMILES string of the molecule is CCN(C(=O)Nc1cccnc1Cl)[C@H]1CCN([C@H](C)c2ccccc2)C1. The molecule has 2 aromatic rings. The van der Waals surface area contributed by atoms with E-state index in [0.717, 1.165) is 19.5 Å². The number of rotatable bonds is 5. The third kappa shape index (κ3) is 4.17. The highest BCUT2D eigenvalue weighted by molar-refractivity contribution is 6.32. The van der Waals surface area contributed by atoms with E-state index in [0.29, 0.717) is 23.4 Å². The quantitative estimate of drug-likeness (QED) is 0.790. The number of halogens is 1.